The SMILES string of the molecule is CCCn1c(C)cc(C(=O)COC(=O)c2cc(OC)cc(OC)c2)c1C. The lowest BCUT2D eigenvalue weighted by molar-refractivity contribution is 0.0474. The van der Waals surface area contributed by atoms with Crippen LogP contribution in [-0.4, -0.2) is 37.1 Å². The Bertz CT molecular complexity index is 785. The normalized spacial score (nSPS) is 10.5. The Morgan fingerprint density at radius 2 is 1.62 bits per heavy atom. The van der Waals surface area contributed by atoms with Gasteiger partial charge in [-0.2, -0.15) is 0 Å². The number of benzene rings is 1. The molecule has 0 N–H and O–H groups in total. The van der Waals surface area contributed by atoms with E-state index in [0.717, 1.165) is 24.4 Å². The van der Waals surface area contributed by atoms with Crippen molar-refractivity contribution in [3.8, 4) is 11.5 Å². The summed E-state index contributed by atoms with van der Waals surface area (Å²) in [5.74, 6) is 0.137. The molecule has 0 aliphatic heterocycles. The Balaban J connectivity index is 2.10. The first-order valence-corrected chi connectivity index (χ1v) is 8.51. The molecule has 1 aromatic carbocycles. The van der Waals surface area contributed by atoms with E-state index in [2.05, 4.69) is 11.5 Å². The highest BCUT2D eigenvalue weighted by molar-refractivity contribution is 6.00. The molecule has 0 amide bonds. The van der Waals surface area contributed by atoms with Crippen LogP contribution in [0.25, 0.3) is 0 Å². The Kier molecular flexibility index (Phi) is 6.44. The number of aryl methyl sites for hydroxylation is 1. The number of carbonyl (C=O) groups is 2. The number of ether oxygens (including phenoxy) is 3. The number of hydrogen-bond donors (Lipinski definition) is 0. The van der Waals surface area contributed by atoms with Crippen LogP contribution in [0.4, 0.5) is 0 Å². The Labute approximate surface area is 153 Å². The van der Waals surface area contributed by atoms with Gasteiger partial charge in [-0.1, -0.05) is 6.92 Å². The van der Waals surface area contributed by atoms with Crippen molar-refractivity contribution >= 4 is 11.8 Å². The summed E-state index contributed by atoms with van der Waals surface area (Å²) in [6, 6.07) is 6.59. The molecule has 1 heterocycles. The van der Waals surface area contributed by atoms with E-state index in [0.29, 0.717) is 17.1 Å². The first-order chi connectivity index (χ1) is 12.4. The van der Waals surface area contributed by atoms with Crippen molar-refractivity contribution in [2.45, 2.75) is 33.7 Å². The van der Waals surface area contributed by atoms with Crippen LogP contribution in [0.15, 0.2) is 24.3 Å². The number of nitrogens with zero attached hydrogens (tertiary/aromatic N) is 1. The molecule has 0 bridgehead atoms. The molecule has 2 rings (SSSR count). The van der Waals surface area contributed by atoms with Gasteiger partial charge in [0, 0.05) is 29.6 Å². The fourth-order valence-corrected chi connectivity index (χ4v) is 2.87. The number of hydrogen-bond acceptors (Lipinski definition) is 5. The maximum absolute atomic E-state index is 12.5. The molecule has 0 unspecified atom stereocenters. The van der Waals surface area contributed by atoms with Crippen LogP contribution in [0, 0.1) is 13.8 Å². The zero-order valence-corrected chi connectivity index (χ0v) is 15.9. The van der Waals surface area contributed by atoms with Gasteiger partial charge in [-0.15, -0.1) is 0 Å². The van der Waals surface area contributed by atoms with E-state index in [1.165, 1.54) is 14.2 Å². The van der Waals surface area contributed by atoms with E-state index in [4.69, 9.17) is 14.2 Å². The van der Waals surface area contributed by atoms with Gasteiger partial charge in [0.05, 0.1) is 19.8 Å². The first kappa shape index (κ1) is 19.6. The largest absolute Gasteiger partial charge is 0.497 e. The second-order valence-electron chi connectivity index (χ2n) is 6.04. The molecule has 140 valence electrons. The highest BCUT2D eigenvalue weighted by atomic mass is 16.5. The van der Waals surface area contributed by atoms with E-state index >= 15 is 0 Å². The summed E-state index contributed by atoms with van der Waals surface area (Å²) in [6.45, 7) is 6.51. The summed E-state index contributed by atoms with van der Waals surface area (Å²) in [7, 11) is 3.00. The van der Waals surface area contributed by atoms with E-state index in [-0.39, 0.29) is 18.0 Å². The van der Waals surface area contributed by atoms with Gasteiger partial charge in [0.15, 0.2) is 6.61 Å². The topological polar surface area (TPSA) is 66.8 Å². The quantitative estimate of drug-likeness (QED) is 0.532. The van der Waals surface area contributed by atoms with Gasteiger partial charge in [-0.05, 0) is 38.5 Å². The van der Waals surface area contributed by atoms with Crippen LogP contribution in [0.5, 0.6) is 11.5 Å². The average molecular weight is 359 g/mol. The maximum atomic E-state index is 12.5. The molecule has 0 spiro atoms. The first-order valence-electron chi connectivity index (χ1n) is 8.51. The zero-order valence-electron chi connectivity index (χ0n) is 15.9. The van der Waals surface area contributed by atoms with Crippen molar-refractivity contribution in [1.29, 1.82) is 0 Å². The van der Waals surface area contributed by atoms with E-state index < -0.39 is 5.97 Å². The number of ketones is 1. The van der Waals surface area contributed by atoms with Gasteiger partial charge in [0.1, 0.15) is 11.5 Å². The second kappa shape index (κ2) is 8.56. The smallest absolute Gasteiger partial charge is 0.338 e. The third-order valence-electron chi connectivity index (χ3n) is 4.24. The van der Waals surface area contributed by atoms with Gasteiger partial charge in [-0.25, -0.2) is 4.79 Å². The summed E-state index contributed by atoms with van der Waals surface area (Å²) in [5, 5.41) is 0. The molecule has 1 aromatic heterocycles. The van der Waals surface area contributed by atoms with Crippen molar-refractivity contribution < 1.29 is 23.8 Å². The van der Waals surface area contributed by atoms with Crippen molar-refractivity contribution in [3.63, 3.8) is 0 Å². The van der Waals surface area contributed by atoms with Gasteiger partial charge in [0.2, 0.25) is 5.78 Å². The Morgan fingerprint density at radius 1 is 1.00 bits per heavy atom. The standard InChI is InChI=1S/C20H25NO5/c1-6-7-21-13(2)8-18(14(21)3)19(22)12-26-20(23)15-9-16(24-4)11-17(10-15)25-5/h8-11H,6-7,12H2,1-5H3. The maximum Gasteiger partial charge on any atom is 0.338 e. The van der Waals surface area contributed by atoms with E-state index in [9.17, 15) is 9.59 Å². The minimum atomic E-state index is -0.599. The number of Topliss-reactive ketones (excluding diaryl/α,β-unsaturated/α-hetero) is 1. The molecule has 0 fully saturated rings. The molecule has 0 aliphatic carbocycles. The molecule has 2 aromatic rings. The summed E-state index contributed by atoms with van der Waals surface area (Å²) >= 11 is 0. The van der Waals surface area contributed by atoms with Crippen molar-refractivity contribution in [3.05, 3.63) is 46.8 Å². The predicted molar refractivity (Wildman–Crippen MR) is 98.4 cm³/mol. The number of rotatable bonds is 8. The van der Waals surface area contributed by atoms with Crippen LogP contribution in [0.1, 0.15) is 45.4 Å². The van der Waals surface area contributed by atoms with Crippen molar-refractivity contribution in [1.82, 2.24) is 4.57 Å². The molecule has 0 saturated heterocycles. The lowest BCUT2D eigenvalue weighted by atomic mass is 10.1. The van der Waals surface area contributed by atoms with Crippen molar-refractivity contribution in [2.24, 2.45) is 0 Å². The minimum Gasteiger partial charge on any atom is -0.497 e. The number of methoxy groups -OCH3 is 2. The van der Waals surface area contributed by atoms with Crippen LogP contribution >= 0.6 is 0 Å². The van der Waals surface area contributed by atoms with Gasteiger partial charge >= 0.3 is 5.97 Å². The zero-order chi connectivity index (χ0) is 19.3. The van der Waals surface area contributed by atoms with Gasteiger partial charge in [-0.3, -0.25) is 4.79 Å². The fraction of sp³-hybridized carbons (Fsp3) is 0.400. The molecule has 6 nitrogen and oxygen atoms in total. The molecule has 6 heteroatoms. The molecule has 0 aliphatic rings. The number of aromatic nitrogens is 1. The summed E-state index contributed by atoms with van der Waals surface area (Å²) in [4.78, 5) is 24.8. The molecule has 0 atom stereocenters. The van der Waals surface area contributed by atoms with Crippen LogP contribution in [0.2, 0.25) is 0 Å². The highest BCUT2D eigenvalue weighted by Gasteiger charge is 2.18. The number of carbonyl (C=O) groups excluding carboxylic acids is 2. The third kappa shape index (κ3) is 4.25. The lowest BCUT2D eigenvalue weighted by Crippen LogP contribution is -2.15. The van der Waals surface area contributed by atoms with Crippen LogP contribution in [0.3, 0.4) is 0 Å². The number of esters is 1. The average Bonchev–Trinajstić information content (AvgIpc) is 2.93. The van der Waals surface area contributed by atoms with E-state index in [1.54, 1.807) is 18.2 Å². The van der Waals surface area contributed by atoms with Crippen LogP contribution in [-0.2, 0) is 11.3 Å². The molecule has 26 heavy (non-hydrogen) atoms. The molecule has 0 radical (unpaired) electrons. The Morgan fingerprint density at radius 3 is 2.15 bits per heavy atom. The van der Waals surface area contributed by atoms with Crippen LogP contribution < -0.4 is 9.47 Å². The second-order valence-corrected chi connectivity index (χ2v) is 6.04. The third-order valence-corrected chi connectivity index (χ3v) is 4.24. The van der Waals surface area contributed by atoms with Crippen molar-refractivity contribution in [2.75, 3.05) is 20.8 Å². The van der Waals surface area contributed by atoms with Gasteiger partial charge in [0.25, 0.3) is 0 Å². The predicted octanol–water partition coefficient (Wildman–Crippen LogP) is 3.57. The molecule has 0 saturated carbocycles. The summed E-state index contributed by atoms with van der Waals surface area (Å²) in [6.07, 6.45) is 0.983. The Hall–Kier alpha value is -2.76. The van der Waals surface area contributed by atoms with E-state index in [1.807, 2.05) is 19.9 Å². The molecular weight excluding hydrogens is 334 g/mol. The minimum absolute atomic E-state index is 0.219. The fourth-order valence-electron chi connectivity index (χ4n) is 2.87. The summed E-state index contributed by atoms with van der Waals surface area (Å²) < 4.78 is 17.6. The highest BCUT2D eigenvalue weighted by Crippen LogP contribution is 2.23. The lowest BCUT2D eigenvalue weighted by Gasteiger charge is -2.09. The molecular formula is C20H25NO5. The van der Waals surface area contributed by atoms with Gasteiger partial charge < -0.3 is 18.8 Å². The monoisotopic (exact) mass is 359 g/mol. The summed E-state index contributed by atoms with van der Waals surface area (Å²) in [5.41, 5.74) is 2.78.